The Bertz CT molecular complexity index is 1600. The number of aryl methyl sites for hydroxylation is 1. The van der Waals surface area contributed by atoms with E-state index in [0.29, 0.717) is 38.6 Å². The molecular weight excluding hydrogens is 508 g/mol. The molecule has 37 heavy (non-hydrogen) atoms. The second kappa shape index (κ2) is 9.74. The standard InChI is InChI=1S/C27H17ClF4N4O/c28-22-4-2-1-3-20(22)25-21-11-6-17(13-23(21)36(35-25)19-9-7-18(29)8-10-19)24(37)12-5-16-14-33-26(34-15-16)27(30,31)32/h1-4,6-11,13-15H,5,12H2. The van der Waals surface area contributed by atoms with Crippen LogP contribution in [0, 0.1) is 5.82 Å². The van der Waals surface area contributed by atoms with Crippen molar-refractivity contribution in [1.82, 2.24) is 19.7 Å². The Morgan fingerprint density at radius 2 is 1.65 bits per heavy atom. The lowest BCUT2D eigenvalue weighted by Crippen LogP contribution is -2.11. The summed E-state index contributed by atoms with van der Waals surface area (Å²) in [5.41, 5.74) is 3.33. The van der Waals surface area contributed by atoms with E-state index in [4.69, 9.17) is 16.7 Å². The zero-order valence-electron chi connectivity index (χ0n) is 19.0. The third-order valence-electron chi connectivity index (χ3n) is 5.80. The summed E-state index contributed by atoms with van der Waals surface area (Å²) in [6.07, 6.45) is -2.25. The third kappa shape index (κ3) is 5.08. The van der Waals surface area contributed by atoms with E-state index >= 15 is 0 Å². The zero-order chi connectivity index (χ0) is 26.2. The summed E-state index contributed by atoms with van der Waals surface area (Å²) in [4.78, 5) is 19.7. The molecule has 5 rings (SSSR count). The number of aromatic nitrogens is 4. The van der Waals surface area contributed by atoms with Crippen LogP contribution in [0.25, 0.3) is 27.8 Å². The van der Waals surface area contributed by atoms with Gasteiger partial charge in [0.2, 0.25) is 5.82 Å². The molecule has 0 bridgehead atoms. The molecule has 2 aromatic heterocycles. The summed E-state index contributed by atoms with van der Waals surface area (Å²) in [6.45, 7) is 0. The van der Waals surface area contributed by atoms with Gasteiger partial charge in [-0.15, -0.1) is 0 Å². The average Bonchev–Trinajstić information content (AvgIpc) is 3.26. The van der Waals surface area contributed by atoms with Crippen LogP contribution in [0.2, 0.25) is 5.02 Å². The molecule has 0 saturated carbocycles. The van der Waals surface area contributed by atoms with Crippen molar-refractivity contribution >= 4 is 28.3 Å². The topological polar surface area (TPSA) is 60.7 Å². The maximum absolute atomic E-state index is 13.6. The molecule has 0 fully saturated rings. The Kier molecular flexibility index (Phi) is 6.47. The highest BCUT2D eigenvalue weighted by Crippen LogP contribution is 2.34. The van der Waals surface area contributed by atoms with Crippen molar-refractivity contribution in [2.45, 2.75) is 19.0 Å². The van der Waals surface area contributed by atoms with Crippen LogP contribution in [0.5, 0.6) is 0 Å². The van der Waals surface area contributed by atoms with Gasteiger partial charge in [0.15, 0.2) is 5.78 Å². The van der Waals surface area contributed by atoms with E-state index in [2.05, 4.69) is 9.97 Å². The number of nitrogens with zero attached hydrogens (tertiary/aromatic N) is 4. The summed E-state index contributed by atoms with van der Waals surface area (Å²) >= 11 is 6.43. The minimum atomic E-state index is -4.62. The van der Waals surface area contributed by atoms with Crippen LogP contribution in [-0.4, -0.2) is 25.5 Å². The van der Waals surface area contributed by atoms with Crippen molar-refractivity contribution in [2.75, 3.05) is 0 Å². The minimum Gasteiger partial charge on any atom is -0.294 e. The van der Waals surface area contributed by atoms with Crippen LogP contribution in [0.4, 0.5) is 17.6 Å². The fourth-order valence-electron chi connectivity index (χ4n) is 3.95. The summed E-state index contributed by atoms with van der Waals surface area (Å²) in [6, 6.07) is 18.2. The Labute approximate surface area is 213 Å². The van der Waals surface area contributed by atoms with Gasteiger partial charge in [0.05, 0.1) is 16.2 Å². The quantitative estimate of drug-likeness (QED) is 0.175. The SMILES string of the molecule is O=C(CCc1cnc(C(F)(F)F)nc1)c1ccc2c(-c3ccccc3Cl)nn(-c3ccc(F)cc3)c2c1. The van der Waals surface area contributed by atoms with Gasteiger partial charge in [-0.2, -0.15) is 18.3 Å². The number of benzene rings is 3. The maximum atomic E-state index is 13.6. The lowest BCUT2D eigenvalue weighted by Gasteiger charge is -2.07. The molecule has 186 valence electrons. The number of halogens is 5. The largest absolute Gasteiger partial charge is 0.451 e. The van der Waals surface area contributed by atoms with Crippen LogP contribution in [0.3, 0.4) is 0 Å². The molecule has 0 radical (unpaired) electrons. The van der Waals surface area contributed by atoms with Crippen LogP contribution >= 0.6 is 11.6 Å². The van der Waals surface area contributed by atoms with E-state index in [9.17, 15) is 22.4 Å². The number of fused-ring (bicyclic) bond motifs is 1. The van der Waals surface area contributed by atoms with Gasteiger partial charge >= 0.3 is 6.18 Å². The fourth-order valence-corrected chi connectivity index (χ4v) is 4.18. The van der Waals surface area contributed by atoms with Gasteiger partial charge in [0.1, 0.15) is 11.5 Å². The second-order valence-electron chi connectivity index (χ2n) is 8.28. The molecule has 0 aliphatic heterocycles. The predicted molar refractivity (Wildman–Crippen MR) is 131 cm³/mol. The van der Waals surface area contributed by atoms with Crippen molar-refractivity contribution in [1.29, 1.82) is 0 Å². The lowest BCUT2D eigenvalue weighted by molar-refractivity contribution is -0.145. The zero-order valence-corrected chi connectivity index (χ0v) is 19.8. The summed E-state index contributed by atoms with van der Waals surface area (Å²) in [5, 5.41) is 5.98. The Hall–Kier alpha value is -4.11. The van der Waals surface area contributed by atoms with E-state index < -0.39 is 17.8 Å². The molecule has 3 aromatic carbocycles. The molecule has 0 unspecified atom stereocenters. The highest BCUT2D eigenvalue weighted by Gasteiger charge is 2.34. The molecule has 0 amide bonds. The smallest absolute Gasteiger partial charge is 0.294 e. The third-order valence-corrected chi connectivity index (χ3v) is 6.13. The van der Waals surface area contributed by atoms with E-state index in [1.54, 1.807) is 41.1 Å². The molecular formula is C27H17ClF4N4O. The molecule has 2 heterocycles. The van der Waals surface area contributed by atoms with Gasteiger partial charge < -0.3 is 0 Å². The maximum Gasteiger partial charge on any atom is 0.451 e. The number of alkyl halides is 3. The van der Waals surface area contributed by atoms with Crippen molar-refractivity contribution in [3.8, 4) is 16.9 Å². The van der Waals surface area contributed by atoms with Gasteiger partial charge in [0.25, 0.3) is 0 Å². The molecule has 0 saturated heterocycles. The molecule has 0 atom stereocenters. The van der Waals surface area contributed by atoms with Crippen LogP contribution in [0.1, 0.15) is 28.2 Å². The van der Waals surface area contributed by atoms with Crippen molar-refractivity contribution in [3.63, 3.8) is 0 Å². The molecule has 0 N–H and O–H groups in total. The number of carbonyl (C=O) groups excluding carboxylic acids is 1. The van der Waals surface area contributed by atoms with Gasteiger partial charge in [0, 0.05) is 35.3 Å². The highest BCUT2D eigenvalue weighted by atomic mass is 35.5. The molecule has 0 spiro atoms. The first kappa shape index (κ1) is 24.6. The summed E-state index contributed by atoms with van der Waals surface area (Å²) in [7, 11) is 0. The van der Waals surface area contributed by atoms with Crippen molar-refractivity contribution < 1.29 is 22.4 Å². The first-order valence-electron chi connectivity index (χ1n) is 11.2. The predicted octanol–water partition coefficient (Wildman–Crippen LogP) is 7.11. The van der Waals surface area contributed by atoms with Crippen LogP contribution in [-0.2, 0) is 12.6 Å². The van der Waals surface area contributed by atoms with Gasteiger partial charge in [-0.3, -0.25) is 4.79 Å². The lowest BCUT2D eigenvalue weighted by atomic mass is 10.0. The van der Waals surface area contributed by atoms with Crippen LogP contribution in [0.15, 0.2) is 79.1 Å². The molecule has 5 aromatic rings. The highest BCUT2D eigenvalue weighted by molar-refractivity contribution is 6.33. The number of Topliss-reactive ketones (excluding diaryl/α,β-unsaturated/α-hetero) is 1. The van der Waals surface area contributed by atoms with Crippen LogP contribution < -0.4 is 0 Å². The summed E-state index contributed by atoms with van der Waals surface area (Å²) in [5.74, 6) is -1.83. The van der Waals surface area contributed by atoms with Gasteiger partial charge in [-0.05, 0) is 54.4 Å². The number of hydrogen-bond donors (Lipinski definition) is 0. The molecule has 0 aliphatic carbocycles. The number of carbonyl (C=O) groups is 1. The monoisotopic (exact) mass is 524 g/mol. The first-order chi connectivity index (χ1) is 17.7. The fraction of sp³-hybridized carbons (Fsp3) is 0.111. The number of hydrogen-bond acceptors (Lipinski definition) is 4. The number of rotatable bonds is 6. The summed E-state index contributed by atoms with van der Waals surface area (Å²) < 4.78 is 53.2. The van der Waals surface area contributed by atoms with Crippen molar-refractivity contribution in [3.05, 3.63) is 107 Å². The van der Waals surface area contributed by atoms with E-state index in [1.165, 1.54) is 12.1 Å². The van der Waals surface area contributed by atoms with E-state index in [0.717, 1.165) is 17.8 Å². The second-order valence-corrected chi connectivity index (χ2v) is 8.69. The van der Waals surface area contributed by atoms with Gasteiger partial charge in [-0.25, -0.2) is 19.0 Å². The van der Waals surface area contributed by atoms with Crippen molar-refractivity contribution in [2.24, 2.45) is 0 Å². The first-order valence-corrected chi connectivity index (χ1v) is 11.5. The molecule has 0 aliphatic rings. The average molecular weight is 525 g/mol. The number of ketones is 1. The van der Waals surface area contributed by atoms with E-state index in [1.807, 2.05) is 18.2 Å². The molecule has 5 nitrogen and oxygen atoms in total. The normalized spacial score (nSPS) is 11.7. The van der Waals surface area contributed by atoms with Gasteiger partial charge in [-0.1, -0.05) is 35.9 Å². The van der Waals surface area contributed by atoms with E-state index in [-0.39, 0.29) is 18.6 Å². The Morgan fingerprint density at radius 1 is 0.946 bits per heavy atom. The Morgan fingerprint density at radius 3 is 2.32 bits per heavy atom. The molecule has 10 heteroatoms. The minimum absolute atomic E-state index is 0.0439. The Balaban J connectivity index is 1.49.